The number of halogens is 3. The molecule has 2 heterocycles. The molecule has 3 rings (SSSR count). The summed E-state index contributed by atoms with van der Waals surface area (Å²) in [5, 5.41) is 7.74. The topological polar surface area (TPSA) is 104 Å². The van der Waals surface area contributed by atoms with Gasteiger partial charge in [-0.1, -0.05) is 12.1 Å². The van der Waals surface area contributed by atoms with E-state index in [-0.39, 0.29) is 15.9 Å². The molecule has 0 spiro atoms. The fraction of sp³-hybridized carbons (Fsp3) is 0.143. The Balaban J connectivity index is 2.02. The highest BCUT2D eigenvalue weighted by Gasteiger charge is 2.48. The Hall–Kier alpha value is -2.47. The van der Waals surface area contributed by atoms with E-state index < -0.39 is 20.2 Å². The van der Waals surface area contributed by atoms with Crippen molar-refractivity contribution in [2.75, 3.05) is 5.84 Å². The van der Waals surface area contributed by atoms with Crippen molar-refractivity contribution in [2.45, 2.75) is 27.4 Å². The van der Waals surface area contributed by atoms with Crippen LogP contribution < -0.4 is 5.84 Å². The van der Waals surface area contributed by atoms with Gasteiger partial charge >= 0.3 is 5.51 Å². The summed E-state index contributed by atoms with van der Waals surface area (Å²) in [4.78, 5) is -1.04. The van der Waals surface area contributed by atoms with Gasteiger partial charge in [0.25, 0.3) is 9.84 Å². The van der Waals surface area contributed by atoms with Crippen molar-refractivity contribution in [3.05, 3.63) is 42.4 Å². The molecule has 0 saturated heterocycles. The second kappa shape index (κ2) is 6.36. The van der Waals surface area contributed by atoms with E-state index in [1.54, 1.807) is 13.0 Å². The van der Waals surface area contributed by atoms with E-state index in [0.717, 1.165) is 10.7 Å². The summed E-state index contributed by atoms with van der Waals surface area (Å²) in [5.74, 6) is 6.67. The first-order valence-corrected chi connectivity index (χ1v) is 9.26. The van der Waals surface area contributed by atoms with E-state index in [1.165, 1.54) is 24.5 Å². The van der Waals surface area contributed by atoms with Gasteiger partial charge in [-0.25, -0.2) is 13.1 Å². The van der Waals surface area contributed by atoms with Crippen LogP contribution in [0.1, 0.15) is 5.76 Å². The summed E-state index contributed by atoms with van der Waals surface area (Å²) < 4.78 is 68.4. The molecule has 1 aromatic carbocycles. The van der Waals surface area contributed by atoms with Crippen molar-refractivity contribution in [1.82, 2.24) is 14.9 Å². The molecule has 0 aliphatic heterocycles. The van der Waals surface area contributed by atoms with Gasteiger partial charge in [0.15, 0.2) is 5.82 Å². The Bertz CT molecular complexity index is 1060. The van der Waals surface area contributed by atoms with Crippen LogP contribution in [0.3, 0.4) is 0 Å². The first-order chi connectivity index (χ1) is 12.1. The molecule has 0 amide bonds. The molecule has 0 saturated carbocycles. The third kappa shape index (κ3) is 3.05. The molecule has 0 bridgehead atoms. The van der Waals surface area contributed by atoms with Crippen LogP contribution in [0.2, 0.25) is 0 Å². The van der Waals surface area contributed by atoms with Crippen LogP contribution in [0.4, 0.5) is 13.2 Å². The molecule has 2 N–H and O–H groups in total. The maximum Gasteiger partial charge on any atom is 0.501 e. The lowest BCUT2D eigenvalue weighted by molar-refractivity contribution is -0.0437. The molecule has 138 valence electrons. The smallest absolute Gasteiger partial charge is 0.469 e. The minimum Gasteiger partial charge on any atom is -0.469 e. The maximum absolute atomic E-state index is 12.9. The van der Waals surface area contributed by atoms with Gasteiger partial charge in [0.2, 0.25) is 5.16 Å². The fourth-order valence-electron chi connectivity index (χ4n) is 2.13. The number of nitrogens with zero attached hydrogens (tertiary/aromatic N) is 3. The van der Waals surface area contributed by atoms with Crippen LogP contribution in [0, 0.1) is 6.92 Å². The average molecular weight is 404 g/mol. The van der Waals surface area contributed by atoms with Gasteiger partial charge in [-0.05, 0) is 36.9 Å². The van der Waals surface area contributed by atoms with Crippen molar-refractivity contribution in [3.63, 3.8) is 0 Å². The molecule has 2 aromatic heterocycles. The van der Waals surface area contributed by atoms with Gasteiger partial charge in [-0.3, -0.25) is 0 Å². The number of furan rings is 1. The predicted octanol–water partition coefficient (Wildman–Crippen LogP) is 3.01. The number of nitrogens with two attached hydrogens (primary N) is 1. The number of nitrogen functional groups attached to an aromatic ring is 1. The van der Waals surface area contributed by atoms with Gasteiger partial charge in [-0.15, -0.1) is 10.2 Å². The maximum atomic E-state index is 12.9. The van der Waals surface area contributed by atoms with Crippen LogP contribution in [0.15, 0.2) is 56.0 Å². The van der Waals surface area contributed by atoms with Crippen molar-refractivity contribution in [1.29, 1.82) is 0 Å². The number of hydrogen-bond acceptors (Lipinski definition) is 7. The first kappa shape index (κ1) is 18.3. The molecular formula is C14H11F3N4O3S2. The first-order valence-electron chi connectivity index (χ1n) is 6.96. The lowest BCUT2D eigenvalue weighted by atomic mass is 10.2. The number of hydrogen-bond donors (Lipinski definition) is 1. The van der Waals surface area contributed by atoms with Crippen LogP contribution in [0.25, 0.3) is 11.4 Å². The average Bonchev–Trinajstić information content (AvgIpc) is 3.13. The zero-order valence-electron chi connectivity index (χ0n) is 13.1. The predicted molar refractivity (Wildman–Crippen MR) is 86.4 cm³/mol. The highest BCUT2D eigenvalue weighted by atomic mass is 32.2. The van der Waals surface area contributed by atoms with Gasteiger partial charge in [-0.2, -0.15) is 13.2 Å². The zero-order chi connectivity index (χ0) is 19.1. The minimum absolute atomic E-state index is 0.0189. The van der Waals surface area contributed by atoms with Crippen LogP contribution in [-0.2, 0) is 9.84 Å². The van der Waals surface area contributed by atoms with E-state index in [2.05, 4.69) is 10.2 Å². The van der Waals surface area contributed by atoms with Gasteiger partial charge in [0.05, 0.1) is 16.7 Å². The molecule has 3 aromatic rings. The monoisotopic (exact) mass is 404 g/mol. The summed E-state index contributed by atoms with van der Waals surface area (Å²) in [6, 6.07) is 6.34. The molecule has 0 aliphatic rings. The highest BCUT2D eigenvalue weighted by Crippen LogP contribution is 2.38. The van der Waals surface area contributed by atoms with Crippen LogP contribution >= 0.6 is 11.8 Å². The quantitative estimate of drug-likeness (QED) is 0.667. The number of alkyl halides is 3. The lowest BCUT2D eigenvalue weighted by Gasteiger charge is -2.11. The van der Waals surface area contributed by atoms with Crippen molar-refractivity contribution in [3.8, 4) is 11.4 Å². The summed E-state index contributed by atoms with van der Waals surface area (Å²) in [6.07, 6.45) is 1.43. The molecule has 0 unspecified atom stereocenters. The zero-order valence-corrected chi connectivity index (χ0v) is 14.7. The molecule has 0 fully saturated rings. The summed E-state index contributed by atoms with van der Waals surface area (Å²) in [7, 11) is -5.52. The van der Waals surface area contributed by atoms with Crippen molar-refractivity contribution >= 4 is 21.6 Å². The Kier molecular flexibility index (Phi) is 4.48. The van der Waals surface area contributed by atoms with Gasteiger partial charge in [0, 0.05) is 4.90 Å². The highest BCUT2D eigenvalue weighted by molar-refractivity contribution is 8.00. The molecule has 0 radical (unpaired) electrons. The van der Waals surface area contributed by atoms with Crippen LogP contribution in [0.5, 0.6) is 0 Å². The molecule has 0 atom stereocenters. The molecule has 12 heteroatoms. The van der Waals surface area contributed by atoms with E-state index in [9.17, 15) is 21.6 Å². The third-order valence-corrected chi connectivity index (χ3v) is 6.12. The summed E-state index contributed by atoms with van der Waals surface area (Å²) in [6.45, 7) is 1.68. The molecular weight excluding hydrogens is 393 g/mol. The molecule has 7 nitrogen and oxygen atoms in total. The Morgan fingerprint density at radius 3 is 2.50 bits per heavy atom. The normalized spacial score (nSPS) is 12.5. The van der Waals surface area contributed by atoms with Crippen LogP contribution in [-0.4, -0.2) is 28.8 Å². The van der Waals surface area contributed by atoms with Crippen molar-refractivity contribution in [2.24, 2.45) is 0 Å². The molecule has 26 heavy (non-hydrogen) atoms. The SMILES string of the molecule is Cc1occc1-c1nnc(Sc2ccccc2S(=O)(=O)C(F)(F)F)n1N. The van der Waals surface area contributed by atoms with Crippen molar-refractivity contribution < 1.29 is 26.0 Å². The lowest BCUT2D eigenvalue weighted by Crippen LogP contribution is -2.23. The Labute approximate surface area is 149 Å². The number of sulfone groups is 1. The summed E-state index contributed by atoms with van der Waals surface area (Å²) >= 11 is 0.662. The second-order valence-corrected chi connectivity index (χ2v) is 7.98. The van der Waals surface area contributed by atoms with Gasteiger partial charge < -0.3 is 10.3 Å². The standard InChI is InChI=1S/C14H11F3N4O3S2/c1-8-9(6-7-24-8)12-19-20-13(21(12)18)25-10-4-2-3-5-11(10)26(22,23)14(15,16)17/h2-7H,18H2,1H3. The minimum atomic E-state index is -5.52. The van der Waals surface area contributed by atoms with E-state index in [0.29, 0.717) is 23.1 Å². The number of rotatable bonds is 4. The number of aryl methyl sites for hydroxylation is 1. The van der Waals surface area contributed by atoms with E-state index in [4.69, 9.17) is 10.3 Å². The second-order valence-electron chi connectivity index (χ2n) is 5.06. The fourth-order valence-corrected chi connectivity index (χ4v) is 4.20. The Morgan fingerprint density at radius 1 is 1.19 bits per heavy atom. The van der Waals surface area contributed by atoms with E-state index in [1.807, 2.05) is 0 Å². The number of benzene rings is 1. The van der Waals surface area contributed by atoms with E-state index >= 15 is 0 Å². The van der Waals surface area contributed by atoms with Gasteiger partial charge in [0.1, 0.15) is 5.76 Å². The third-order valence-electron chi connectivity index (χ3n) is 3.41. The molecule has 0 aliphatic carbocycles. The Morgan fingerprint density at radius 2 is 1.88 bits per heavy atom. The summed E-state index contributed by atoms with van der Waals surface area (Å²) in [5.41, 5.74) is -4.86. The largest absolute Gasteiger partial charge is 0.501 e. The number of aromatic nitrogens is 3.